The van der Waals surface area contributed by atoms with Gasteiger partial charge in [-0.05, 0) is 81.2 Å². The zero-order chi connectivity index (χ0) is 27.5. The Morgan fingerprint density at radius 3 is 2.64 bits per heavy atom. The van der Waals surface area contributed by atoms with Gasteiger partial charge in [-0.25, -0.2) is 0 Å². The summed E-state index contributed by atoms with van der Waals surface area (Å²) in [4.78, 5) is 52.0. The summed E-state index contributed by atoms with van der Waals surface area (Å²) in [6.07, 6.45) is 2.37. The van der Waals surface area contributed by atoms with Gasteiger partial charge in [-0.2, -0.15) is 0 Å². The number of hydrogen-bond acceptors (Lipinski definition) is 7. The molecule has 3 aromatic rings. The first kappa shape index (κ1) is 26.9. The number of hydrogen-bond donors (Lipinski definition) is 0. The zero-order valence-electron chi connectivity index (χ0n) is 20.5. The second kappa shape index (κ2) is 11.6. The van der Waals surface area contributed by atoms with Gasteiger partial charge in [0.05, 0.1) is 13.4 Å². The lowest BCUT2D eigenvalue weighted by atomic mass is 10.00. The number of halogens is 1. The van der Waals surface area contributed by atoms with Gasteiger partial charge in [0.15, 0.2) is 0 Å². The summed E-state index contributed by atoms with van der Waals surface area (Å²) in [7, 11) is 0. The highest BCUT2D eigenvalue weighted by Gasteiger charge is 2.37. The van der Waals surface area contributed by atoms with E-state index in [1.807, 2.05) is 24.3 Å². The molecule has 2 aliphatic rings. The summed E-state index contributed by atoms with van der Waals surface area (Å²) in [5, 5.41) is 10.5. The van der Waals surface area contributed by atoms with E-state index < -0.39 is 16.1 Å². The molecule has 0 spiro atoms. The molecule has 5 rings (SSSR count). The number of imide groups is 1. The predicted molar refractivity (Wildman–Crippen MR) is 155 cm³/mol. The van der Waals surface area contributed by atoms with Crippen molar-refractivity contribution in [3.63, 3.8) is 0 Å². The summed E-state index contributed by atoms with van der Waals surface area (Å²) >= 11 is 2.92. The molecule has 11 heteroatoms. The number of amides is 3. The number of non-ortho nitro benzene ring substituents is 1. The molecule has 2 heterocycles. The second-order valence-corrected chi connectivity index (χ2v) is 11.2. The lowest BCUT2D eigenvalue weighted by Crippen LogP contribution is -2.44. The Hall–Kier alpha value is -3.71. The quantitative estimate of drug-likeness (QED) is 0.145. The highest BCUT2D eigenvalue weighted by Crippen LogP contribution is 2.33. The number of rotatable bonds is 7. The number of nitrogens with zero attached hydrogens (tertiary/aromatic N) is 3. The van der Waals surface area contributed by atoms with Crippen molar-refractivity contribution < 1.29 is 24.0 Å². The van der Waals surface area contributed by atoms with Gasteiger partial charge in [0, 0.05) is 25.2 Å². The van der Waals surface area contributed by atoms with Crippen molar-refractivity contribution in [3.8, 4) is 5.75 Å². The number of fused-ring (bicyclic) bond motifs is 1. The van der Waals surface area contributed by atoms with Crippen LogP contribution in [0.4, 0.5) is 10.5 Å². The first-order valence-electron chi connectivity index (χ1n) is 12.0. The van der Waals surface area contributed by atoms with Gasteiger partial charge in [0.2, 0.25) is 5.91 Å². The largest absolute Gasteiger partial charge is 0.488 e. The third-order valence-electron chi connectivity index (χ3n) is 6.42. The Morgan fingerprint density at radius 1 is 1.08 bits per heavy atom. The fourth-order valence-corrected chi connectivity index (χ4v) is 5.91. The van der Waals surface area contributed by atoms with Gasteiger partial charge in [0.1, 0.15) is 18.9 Å². The van der Waals surface area contributed by atoms with Crippen LogP contribution in [0.2, 0.25) is 0 Å². The van der Waals surface area contributed by atoms with E-state index in [4.69, 9.17) is 4.74 Å². The SMILES string of the molecule is O=C(CN1C(=O)S/C(=C\c2ccc(OCc3cccc([N+](=O)[O-])c3)c(I)c2)C1=O)N1CCc2ccccc2C1. The summed E-state index contributed by atoms with van der Waals surface area (Å²) < 4.78 is 6.60. The fraction of sp³-hybridized carbons (Fsp3) is 0.179. The maximum Gasteiger partial charge on any atom is 0.294 e. The molecule has 39 heavy (non-hydrogen) atoms. The standard InChI is InChI=1S/C28H22IN3O6S/c29-23-13-18(8-9-24(23)38-17-19-4-3-7-22(12-19)32(36)37)14-25-27(34)31(28(35)39-25)16-26(33)30-11-10-20-5-1-2-6-21(20)15-30/h1-9,12-14H,10-11,15-17H2/b25-14-. The molecule has 9 nitrogen and oxygen atoms in total. The van der Waals surface area contributed by atoms with Crippen molar-refractivity contribution >= 4 is 63.2 Å². The lowest BCUT2D eigenvalue weighted by Gasteiger charge is -2.29. The van der Waals surface area contributed by atoms with E-state index in [0.29, 0.717) is 30.0 Å². The van der Waals surface area contributed by atoms with E-state index in [-0.39, 0.29) is 29.7 Å². The molecule has 1 fully saturated rings. The number of ether oxygens (including phenoxy) is 1. The normalized spacial score (nSPS) is 16.0. The summed E-state index contributed by atoms with van der Waals surface area (Å²) in [5.74, 6) is -0.161. The number of nitro benzene ring substituents is 1. The van der Waals surface area contributed by atoms with Gasteiger partial charge >= 0.3 is 0 Å². The molecule has 0 radical (unpaired) electrons. The summed E-state index contributed by atoms with van der Waals surface area (Å²) in [5.41, 5.74) is 3.66. The van der Waals surface area contributed by atoms with Crippen LogP contribution in [0.15, 0.2) is 71.6 Å². The molecule has 1 saturated heterocycles. The molecule has 0 bridgehead atoms. The van der Waals surface area contributed by atoms with Gasteiger partial charge in [-0.3, -0.25) is 29.4 Å². The number of carbonyl (C=O) groups is 3. The minimum absolute atomic E-state index is 0.00180. The van der Waals surface area contributed by atoms with Crippen LogP contribution in [-0.2, 0) is 29.2 Å². The summed E-state index contributed by atoms with van der Waals surface area (Å²) in [6.45, 7) is 0.893. The van der Waals surface area contributed by atoms with Crippen molar-refractivity contribution in [2.75, 3.05) is 13.1 Å². The Kier molecular flexibility index (Phi) is 7.98. The lowest BCUT2D eigenvalue weighted by molar-refractivity contribution is -0.384. The molecule has 0 saturated carbocycles. The van der Waals surface area contributed by atoms with Crippen LogP contribution in [0, 0.1) is 13.7 Å². The van der Waals surface area contributed by atoms with Crippen LogP contribution in [0.25, 0.3) is 6.08 Å². The summed E-state index contributed by atoms with van der Waals surface area (Å²) in [6, 6.07) is 19.5. The molecule has 0 aromatic heterocycles. The van der Waals surface area contributed by atoms with Crippen LogP contribution < -0.4 is 4.74 Å². The maximum absolute atomic E-state index is 13.0. The fourth-order valence-electron chi connectivity index (χ4n) is 4.38. The van der Waals surface area contributed by atoms with E-state index in [0.717, 1.165) is 32.2 Å². The van der Waals surface area contributed by atoms with E-state index >= 15 is 0 Å². The molecule has 0 N–H and O–H groups in total. The molecule has 198 valence electrons. The van der Waals surface area contributed by atoms with Crippen LogP contribution in [0.1, 0.15) is 22.3 Å². The topological polar surface area (TPSA) is 110 Å². The second-order valence-electron chi connectivity index (χ2n) is 9.01. The third-order valence-corrected chi connectivity index (χ3v) is 8.17. The molecular formula is C28H22IN3O6S. The van der Waals surface area contributed by atoms with Crippen molar-refractivity contribution in [3.05, 3.63) is 108 Å². The Bertz CT molecular complexity index is 1520. The monoisotopic (exact) mass is 655 g/mol. The zero-order valence-corrected chi connectivity index (χ0v) is 23.5. The van der Waals surface area contributed by atoms with Crippen LogP contribution in [-0.4, -0.2) is 44.9 Å². The third kappa shape index (κ3) is 6.14. The number of carbonyl (C=O) groups excluding carboxylic acids is 3. The van der Waals surface area contributed by atoms with Crippen LogP contribution in [0.5, 0.6) is 5.75 Å². The Morgan fingerprint density at radius 2 is 1.87 bits per heavy atom. The average molecular weight is 655 g/mol. The minimum atomic E-state index is -0.489. The van der Waals surface area contributed by atoms with Crippen LogP contribution >= 0.6 is 34.4 Å². The molecule has 3 amide bonds. The number of benzene rings is 3. The van der Waals surface area contributed by atoms with E-state index in [9.17, 15) is 24.5 Å². The van der Waals surface area contributed by atoms with E-state index in [1.54, 1.807) is 35.2 Å². The average Bonchev–Trinajstić information content (AvgIpc) is 3.19. The first-order chi connectivity index (χ1) is 18.8. The smallest absolute Gasteiger partial charge is 0.294 e. The Labute approximate surface area is 242 Å². The first-order valence-corrected chi connectivity index (χ1v) is 13.9. The molecule has 0 aliphatic carbocycles. The minimum Gasteiger partial charge on any atom is -0.488 e. The van der Waals surface area contributed by atoms with Gasteiger partial charge in [0.25, 0.3) is 16.8 Å². The number of thioether (sulfide) groups is 1. The van der Waals surface area contributed by atoms with Gasteiger partial charge in [-0.15, -0.1) is 0 Å². The molecule has 2 aliphatic heterocycles. The number of nitro groups is 1. The van der Waals surface area contributed by atoms with Crippen LogP contribution in [0.3, 0.4) is 0 Å². The molecule has 3 aromatic carbocycles. The predicted octanol–water partition coefficient (Wildman–Crippen LogP) is 5.40. The van der Waals surface area contributed by atoms with Gasteiger partial charge < -0.3 is 9.64 Å². The van der Waals surface area contributed by atoms with E-state index in [1.165, 1.54) is 17.7 Å². The molecule has 0 atom stereocenters. The molecule has 0 unspecified atom stereocenters. The Balaban J connectivity index is 1.22. The van der Waals surface area contributed by atoms with E-state index in [2.05, 4.69) is 28.7 Å². The molecular weight excluding hydrogens is 633 g/mol. The van der Waals surface area contributed by atoms with Crippen molar-refractivity contribution in [1.82, 2.24) is 9.80 Å². The highest BCUT2D eigenvalue weighted by molar-refractivity contribution is 14.1. The van der Waals surface area contributed by atoms with Crippen molar-refractivity contribution in [2.24, 2.45) is 0 Å². The maximum atomic E-state index is 13.0. The van der Waals surface area contributed by atoms with Gasteiger partial charge in [-0.1, -0.05) is 42.5 Å². The van der Waals surface area contributed by atoms with Crippen molar-refractivity contribution in [1.29, 1.82) is 0 Å². The highest BCUT2D eigenvalue weighted by atomic mass is 127. The van der Waals surface area contributed by atoms with Crippen molar-refractivity contribution in [2.45, 2.75) is 19.6 Å².